The number of halogens is 4. The van der Waals surface area contributed by atoms with Gasteiger partial charge in [-0.3, -0.25) is 14.4 Å². The molecular weight excluding hydrogens is 628 g/mol. The van der Waals surface area contributed by atoms with Crippen molar-refractivity contribution in [1.82, 2.24) is 54.4 Å². The summed E-state index contributed by atoms with van der Waals surface area (Å²) in [5.41, 5.74) is 0.221. The van der Waals surface area contributed by atoms with Gasteiger partial charge in [0.05, 0.1) is 23.5 Å². The molecule has 2 aliphatic rings. The van der Waals surface area contributed by atoms with Crippen LogP contribution in [0.5, 0.6) is 11.5 Å². The predicted octanol–water partition coefficient (Wildman–Crippen LogP) is 2.50. The van der Waals surface area contributed by atoms with E-state index in [1.165, 1.54) is 27.8 Å². The Morgan fingerprint density at radius 3 is 2.66 bits per heavy atom. The first-order valence-electron chi connectivity index (χ1n) is 14.6. The number of hydrogen-bond acceptors (Lipinski definition) is 11. The summed E-state index contributed by atoms with van der Waals surface area (Å²) in [6.07, 6.45) is 5.85. The molecule has 2 saturated heterocycles. The molecule has 6 heterocycles. The highest BCUT2D eigenvalue weighted by atomic mass is 19.3. The lowest BCUT2D eigenvalue weighted by Gasteiger charge is -2.44. The summed E-state index contributed by atoms with van der Waals surface area (Å²) < 4.78 is 64.8. The normalized spacial score (nSPS) is 16.1. The fourth-order valence-corrected chi connectivity index (χ4v) is 5.80. The zero-order valence-electron chi connectivity index (χ0n) is 24.8. The van der Waals surface area contributed by atoms with Crippen LogP contribution in [0, 0.1) is 5.92 Å². The van der Waals surface area contributed by atoms with Crippen LogP contribution in [0.15, 0.2) is 49.1 Å². The second-order valence-electron chi connectivity index (χ2n) is 11.4. The number of nitrogens with zero attached hydrogens (tertiary/aromatic N) is 11. The Bertz CT molecular complexity index is 1880. The van der Waals surface area contributed by atoms with Crippen molar-refractivity contribution >= 4 is 17.2 Å². The first-order valence-corrected chi connectivity index (χ1v) is 14.6. The Morgan fingerprint density at radius 1 is 1.09 bits per heavy atom. The number of alkyl halides is 4. The molecule has 1 amide bonds. The number of tetrazole rings is 1. The smallest absolute Gasteiger partial charge is 0.387 e. The lowest BCUT2D eigenvalue weighted by Crippen LogP contribution is -2.55. The van der Waals surface area contributed by atoms with Crippen molar-refractivity contribution in [2.75, 3.05) is 45.1 Å². The van der Waals surface area contributed by atoms with Crippen LogP contribution < -0.4 is 14.8 Å². The minimum absolute atomic E-state index is 0.00968. The van der Waals surface area contributed by atoms with E-state index in [0.29, 0.717) is 11.7 Å². The van der Waals surface area contributed by atoms with Gasteiger partial charge in [-0.2, -0.15) is 32.6 Å². The van der Waals surface area contributed by atoms with E-state index >= 15 is 0 Å². The number of ether oxygens (including phenoxy) is 2. The highest BCUT2D eigenvalue weighted by Crippen LogP contribution is 2.38. The largest absolute Gasteiger partial charge is 0.435 e. The minimum Gasteiger partial charge on any atom is -0.435 e. The summed E-state index contributed by atoms with van der Waals surface area (Å²) in [6.45, 7) is -1.60. The van der Waals surface area contributed by atoms with E-state index in [1.54, 1.807) is 17.1 Å². The molecule has 2 fully saturated rings. The number of carbonyl (C=O) groups is 1. The third-order valence-corrected chi connectivity index (χ3v) is 7.87. The van der Waals surface area contributed by atoms with Crippen molar-refractivity contribution < 1.29 is 31.8 Å². The van der Waals surface area contributed by atoms with Crippen LogP contribution in [0.2, 0.25) is 0 Å². The highest BCUT2D eigenvalue weighted by Gasteiger charge is 2.34. The van der Waals surface area contributed by atoms with Gasteiger partial charge in [-0.25, -0.2) is 9.50 Å². The molecule has 246 valence electrons. The summed E-state index contributed by atoms with van der Waals surface area (Å²) in [7, 11) is 2.10. The molecule has 0 aliphatic carbocycles. The van der Waals surface area contributed by atoms with Gasteiger partial charge in [0.25, 0.3) is 5.91 Å². The van der Waals surface area contributed by atoms with Crippen molar-refractivity contribution in [3.8, 4) is 22.8 Å². The van der Waals surface area contributed by atoms with Crippen LogP contribution in [0.25, 0.3) is 16.9 Å². The molecule has 0 unspecified atom stereocenters. The lowest BCUT2D eigenvalue weighted by molar-refractivity contribution is -0.0526. The first-order chi connectivity index (χ1) is 22.7. The summed E-state index contributed by atoms with van der Waals surface area (Å²) >= 11 is 0. The molecule has 7 rings (SSSR count). The average Bonchev–Trinajstić information content (AvgIpc) is 3.73. The standard InChI is InChI=1S/C28H28F4N12O3/c1-40-9-16(10-40)11-41-12-17(13-41)44-37-23(36-39-44)15-42-14-21(35-26(45)20-8-34-43-6-2-5-33-25(20)43)24(38-42)19-7-18(46-27(29)30)3-4-22(19)47-28(31)32/h2-8,14,16-17,27-28H,9-13,15H2,1H3,(H,35,45). The van der Waals surface area contributed by atoms with Gasteiger partial charge in [-0.1, -0.05) is 0 Å². The molecule has 0 atom stereocenters. The molecule has 1 N–H and O–H groups in total. The SMILES string of the molecule is CN1CC(CN2CC(n3nnc(Cn4cc(NC(=O)c5cnn6cccnc56)c(-c5cc(OC(F)F)ccc5OC(F)F)n4)n3)C2)C1. The van der Waals surface area contributed by atoms with Gasteiger partial charge in [0.1, 0.15) is 29.3 Å². The van der Waals surface area contributed by atoms with Crippen LogP contribution in [0.4, 0.5) is 23.2 Å². The minimum atomic E-state index is -3.24. The quantitative estimate of drug-likeness (QED) is 0.198. The fraction of sp³-hybridized carbons (Fsp3) is 0.393. The van der Waals surface area contributed by atoms with Crippen molar-refractivity contribution in [3.05, 3.63) is 60.4 Å². The number of rotatable bonds is 12. The summed E-state index contributed by atoms with van der Waals surface area (Å²) in [5, 5.41) is 24.2. The zero-order chi connectivity index (χ0) is 32.7. The number of carbonyl (C=O) groups excluding carboxylic acids is 1. The molecule has 0 spiro atoms. The summed E-state index contributed by atoms with van der Waals surface area (Å²) in [4.78, 5) is 23.8. The third kappa shape index (κ3) is 6.57. The number of nitrogens with one attached hydrogen (secondary N) is 1. The van der Waals surface area contributed by atoms with Crippen LogP contribution in [0.1, 0.15) is 22.2 Å². The maximum atomic E-state index is 13.4. The molecule has 0 saturated carbocycles. The maximum absolute atomic E-state index is 13.4. The van der Waals surface area contributed by atoms with Crippen molar-refractivity contribution in [1.29, 1.82) is 0 Å². The van der Waals surface area contributed by atoms with Gasteiger partial charge in [0, 0.05) is 51.3 Å². The van der Waals surface area contributed by atoms with E-state index in [-0.39, 0.29) is 52.2 Å². The Labute approximate surface area is 263 Å². The maximum Gasteiger partial charge on any atom is 0.387 e. The van der Waals surface area contributed by atoms with Crippen molar-refractivity contribution in [2.24, 2.45) is 5.92 Å². The molecule has 0 radical (unpaired) electrons. The van der Waals surface area contributed by atoms with Crippen LogP contribution in [-0.4, -0.2) is 113 Å². The molecule has 2 aliphatic heterocycles. The van der Waals surface area contributed by atoms with Gasteiger partial charge in [0.15, 0.2) is 11.5 Å². The second-order valence-corrected chi connectivity index (χ2v) is 11.4. The lowest BCUT2D eigenvalue weighted by atomic mass is 9.98. The molecule has 15 nitrogen and oxygen atoms in total. The van der Waals surface area contributed by atoms with Crippen molar-refractivity contribution in [2.45, 2.75) is 25.8 Å². The van der Waals surface area contributed by atoms with Crippen LogP contribution >= 0.6 is 0 Å². The number of likely N-dealkylation sites (tertiary alicyclic amines) is 2. The van der Waals surface area contributed by atoms with Crippen molar-refractivity contribution in [3.63, 3.8) is 0 Å². The average molecular weight is 657 g/mol. The fourth-order valence-electron chi connectivity index (χ4n) is 5.80. The summed E-state index contributed by atoms with van der Waals surface area (Å²) in [6, 6.07) is 4.89. The van der Waals surface area contributed by atoms with Gasteiger partial charge in [0.2, 0.25) is 0 Å². The number of aromatic nitrogens is 9. The van der Waals surface area contributed by atoms with Gasteiger partial charge >= 0.3 is 13.2 Å². The number of benzene rings is 1. The number of anilines is 1. The predicted molar refractivity (Wildman–Crippen MR) is 155 cm³/mol. The van der Waals surface area contributed by atoms with Crippen LogP contribution in [-0.2, 0) is 6.54 Å². The summed E-state index contributed by atoms with van der Waals surface area (Å²) in [5.74, 6) is -0.377. The first kappa shape index (κ1) is 30.5. The Kier molecular flexibility index (Phi) is 8.14. The van der Waals surface area contributed by atoms with E-state index in [0.717, 1.165) is 50.9 Å². The van der Waals surface area contributed by atoms with E-state index in [1.807, 2.05) is 0 Å². The topological polar surface area (TPSA) is 146 Å². The molecule has 4 aromatic heterocycles. The Morgan fingerprint density at radius 2 is 1.89 bits per heavy atom. The van der Waals surface area contributed by atoms with E-state index in [2.05, 4.69) is 62.2 Å². The second kappa shape index (κ2) is 12.6. The van der Waals surface area contributed by atoms with Gasteiger partial charge in [-0.15, -0.1) is 10.2 Å². The number of amides is 1. The van der Waals surface area contributed by atoms with E-state index in [4.69, 9.17) is 0 Å². The molecular formula is C28H28F4N12O3. The number of hydrogen-bond donors (Lipinski definition) is 1. The van der Waals surface area contributed by atoms with Gasteiger partial charge < -0.3 is 19.7 Å². The van der Waals surface area contributed by atoms with Crippen LogP contribution in [0.3, 0.4) is 0 Å². The third-order valence-electron chi connectivity index (χ3n) is 7.87. The Balaban J connectivity index is 1.16. The molecule has 47 heavy (non-hydrogen) atoms. The monoisotopic (exact) mass is 656 g/mol. The molecule has 0 bridgehead atoms. The molecule has 19 heteroatoms. The number of fused-ring (bicyclic) bond motifs is 1. The van der Waals surface area contributed by atoms with E-state index < -0.39 is 19.1 Å². The Hall–Kier alpha value is -5.17. The molecule has 1 aromatic carbocycles. The molecule has 5 aromatic rings. The highest BCUT2D eigenvalue weighted by molar-refractivity contribution is 6.09. The zero-order valence-corrected chi connectivity index (χ0v) is 24.8. The van der Waals surface area contributed by atoms with E-state index in [9.17, 15) is 22.4 Å². The van der Waals surface area contributed by atoms with Gasteiger partial charge in [-0.05, 0) is 42.4 Å².